The molecule has 2 aromatic heterocycles. The van der Waals surface area contributed by atoms with Crippen LogP contribution in [0.5, 0.6) is 0 Å². The second-order valence-corrected chi connectivity index (χ2v) is 18.5. The zero-order valence-electron chi connectivity index (χ0n) is 38.7. The lowest BCUT2D eigenvalue weighted by Gasteiger charge is -2.26. The van der Waals surface area contributed by atoms with E-state index < -0.39 is 0 Å². The van der Waals surface area contributed by atoms with Crippen molar-refractivity contribution in [3.63, 3.8) is 0 Å². The van der Waals surface area contributed by atoms with E-state index in [0.717, 1.165) is 61.4 Å². The molecule has 0 amide bonds. The predicted octanol–water partition coefficient (Wildman–Crippen LogP) is 19.1. The second kappa shape index (κ2) is 16.7. The fourth-order valence-electron chi connectivity index (χ4n) is 10.9. The third-order valence-corrected chi connectivity index (χ3v) is 14.4. The van der Waals surface area contributed by atoms with Gasteiger partial charge in [0.05, 0.1) is 11.0 Å². The molecule has 3 nitrogen and oxygen atoms in total. The molecule has 3 heteroatoms. The minimum atomic E-state index is 0.889. The topological polar surface area (TPSA) is 21.3 Å². The summed E-state index contributed by atoms with van der Waals surface area (Å²) in [5.41, 5.74) is 17.9. The van der Waals surface area contributed by atoms with Crippen LogP contribution in [-0.2, 0) is 0 Å². The van der Waals surface area contributed by atoms with E-state index in [-0.39, 0.29) is 0 Å². The minimum absolute atomic E-state index is 0.889. The van der Waals surface area contributed by atoms with Crippen molar-refractivity contribution in [3.8, 4) is 50.2 Å². The average Bonchev–Trinajstić information content (AvgIpc) is 3.99. The quantitative estimate of drug-likeness (QED) is 0.142. The van der Waals surface area contributed by atoms with Crippen LogP contribution in [0, 0.1) is 0 Å². The van der Waals surface area contributed by atoms with Gasteiger partial charge in [0.15, 0.2) is 0 Å². The lowest BCUT2D eigenvalue weighted by molar-refractivity contribution is 0.669. The van der Waals surface area contributed by atoms with E-state index in [1.165, 1.54) is 71.2 Å². The summed E-state index contributed by atoms with van der Waals surface area (Å²) in [4.78, 5) is 2.36. The summed E-state index contributed by atoms with van der Waals surface area (Å²) in [5.74, 6) is 0. The van der Waals surface area contributed by atoms with Crippen LogP contribution in [0.4, 0.5) is 17.1 Å². The summed E-state index contributed by atoms with van der Waals surface area (Å²) in [7, 11) is 0. The number of rotatable bonds is 8. The third-order valence-electron chi connectivity index (χ3n) is 14.4. The largest absolute Gasteiger partial charge is 0.456 e. The van der Waals surface area contributed by atoms with Gasteiger partial charge in [-0.1, -0.05) is 182 Å². The van der Waals surface area contributed by atoms with Crippen molar-refractivity contribution >= 4 is 82.4 Å². The number of aromatic nitrogens is 1. The fourth-order valence-corrected chi connectivity index (χ4v) is 10.9. The monoisotopic (exact) mass is 904 g/mol. The van der Waals surface area contributed by atoms with Gasteiger partial charge in [-0.2, -0.15) is 0 Å². The van der Waals surface area contributed by atoms with Gasteiger partial charge in [0.2, 0.25) is 0 Å². The Morgan fingerprint density at radius 3 is 1.41 bits per heavy atom. The van der Waals surface area contributed by atoms with E-state index in [2.05, 4.69) is 264 Å². The third kappa shape index (κ3) is 7.06. The molecule has 14 aromatic rings. The van der Waals surface area contributed by atoms with E-state index in [9.17, 15) is 0 Å². The number of furan rings is 1. The summed E-state index contributed by atoms with van der Waals surface area (Å²) in [6, 6.07) is 96.7. The summed E-state index contributed by atoms with van der Waals surface area (Å²) in [5, 5.41) is 9.85. The fraction of sp³-hybridized carbons (Fsp3) is 0. The molecular formula is C68H44N2O. The molecule has 0 atom stereocenters. The Hall–Kier alpha value is -9.44. The van der Waals surface area contributed by atoms with E-state index in [0.29, 0.717) is 0 Å². The average molecular weight is 905 g/mol. The van der Waals surface area contributed by atoms with Crippen LogP contribution in [0.3, 0.4) is 0 Å². The number of hydrogen-bond donors (Lipinski definition) is 0. The van der Waals surface area contributed by atoms with E-state index in [1.54, 1.807) is 0 Å². The van der Waals surface area contributed by atoms with E-state index >= 15 is 0 Å². The molecule has 2 heterocycles. The molecule has 0 unspecified atom stereocenters. The molecule has 0 aliphatic carbocycles. The van der Waals surface area contributed by atoms with E-state index in [4.69, 9.17) is 4.42 Å². The van der Waals surface area contributed by atoms with Crippen molar-refractivity contribution in [2.24, 2.45) is 0 Å². The van der Waals surface area contributed by atoms with Gasteiger partial charge in [-0.3, -0.25) is 0 Å². The molecule has 0 N–H and O–H groups in total. The number of fused-ring (bicyclic) bond motifs is 9. The van der Waals surface area contributed by atoms with Crippen LogP contribution in [-0.4, -0.2) is 4.57 Å². The van der Waals surface area contributed by atoms with Crippen molar-refractivity contribution in [2.45, 2.75) is 0 Å². The molecule has 0 bridgehead atoms. The van der Waals surface area contributed by atoms with Crippen LogP contribution < -0.4 is 4.90 Å². The Balaban J connectivity index is 0.800. The Labute approximate surface area is 411 Å². The summed E-state index contributed by atoms with van der Waals surface area (Å²) < 4.78 is 8.71. The molecule has 0 spiro atoms. The Morgan fingerprint density at radius 2 is 0.718 bits per heavy atom. The standard InChI is InChI=1S/C68H44N2O/c1-2-16-59-49(11-1)27-28-54-41-52(33-39-60(54)59)48-31-37-56(38-32-48)69(57-14-10-13-51(43-57)53-34-40-64-63-19-5-8-22-67(63)71-68(64)44-53)55-35-29-46(30-36-55)45-23-25-47(26-24-45)50-12-9-15-58(42-50)70-65-20-6-3-17-61(65)62-18-4-7-21-66(62)70/h1-44H. The van der Waals surface area contributed by atoms with Crippen molar-refractivity contribution in [1.82, 2.24) is 4.57 Å². The highest BCUT2D eigenvalue weighted by Gasteiger charge is 2.17. The Morgan fingerprint density at radius 1 is 0.254 bits per heavy atom. The number of para-hydroxylation sites is 3. The molecule has 0 saturated heterocycles. The summed E-state index contributed by atoms with van der Waals surface area (Å²) in [6.07, 6.45) is 0. The van der Waals surface area contributed by atoms with Gasteiger partial charge in [0, 0.05) is 44.3 Å². The van der Waals surface area contributed by atoms with E-state index in [1.807, 2.05) is 12.1 Å². The molecule has 71 heavy (non-hydrogen) atoms. The lowest BCUT2D eigenvalue weighted by Crippen LogP contribution is -2.10. The molecule has 332 valence electrons. The summed E-state index contributed by atoms with van der Waals surface area (Å²) in [6.45, 7) is 0. The van der Waals surface area contributed by atoms with Crippen LogP contribution in [0.15, 0.2) is 271 Å². The molecule has 12 aromatic carbocycles. The van der Waals surface area contributed by atoms with Crippen LogP contribution in [0.1, 0.15) is 0 Å². The van der Waals surface area contributed by atoms with Gasteiger partial charge in [0.1, 0.15) is 11.2 Å². The van der Waals surface area contributed by atoms with Gasteiger partial charge in [-0.15, -0.1) is 0 Å². The van der Waals surface area contributed by atoms with Crippen molar-refractivity contribution in [1.29, 1.82) is 0 Å². The van der Waals surface area contributed by atoms with Gasteiger partial charge in [0.25, 0.3) is 0 Å². The maximum Gasteiger partial charge on any atom is 0.136 e. The first-order valence-corrected chi connectivity index (χ1v) is 24.3. The maximum absolute atomic E-state index is 6.33. The molecule has 0 aliphatic rings. The van der Waals surface area contributed by atoms with Crippen molar-refractivity contribution in [2.75, 3.05) is 4.90 Å². The number of anilines is 3. The van der Waals surface area contributed by atoms with Gasteiger partial charge < -0.3 is 13.9 Å². The zero-order chi connectivity index (χ0) is 46.8. The minimum Gasteiger partial charge on any atom is -0.456 e. The van der Waals surface area contributed by atoms with Crippen LogP contribution in [0.25, 0.3) is 115 Å². The molecule has 0 radical (unpaired) electrons. The van der Waals surface area contributed by atoms with Crippen molar-refractivity contribution < 1.29 is 4.42 Å². The van der Waals surface area contributed by atoms with Gasteiger partial charge in [-0.05, 0) is 151 Å². The molecule has 0 saturated carbocycles. The van der Waals surface area contributed by atoms with Crippen LogP contribution >= 0.6 is 0 Å². The Kier molecular flexibility index (Phi) is 9.53. The first-order chi connectivity index (χ1) is 35.2. The van der Waals surface area contributed by atoms with Gasteiger partial charge >= 0.3 is 0 Å². The van der Waals surface area contributed by atoms with Crippen LogP contribution in [0.2, 0.25) is 0 Å². The maximum atomic E-state index is 6.33. The molecule has 14 rings (SSSR count). The molecular weight excluding hydrogens is 861 g/mol. The Bertz CT molecular complexity index is 4280. The normalized spacial score (nSPS) is 11.7. The molecule has 0 aliphatic heterocycles. The number of benzene rings is 12. The SMILES string of the molecule is c1cc(-c2ccc3c(c2)oc2ccccc23)cc(N(c2ccc(-c3ccc(-c4cccc(-n5c6ccccc6c6ccccc65)c4)cc3)cc2)c2ccc(-c3ccc4c(ccc5ccccc54)c3)cc2)c1. The zero-order valence-corrected chi connectivity index (χ0v) is 38.7. The highest BCUT2D eigenvalue weighted by Crippen LogP contribution is 2.41. The number of nitrogens with zero attached hydrogens (tertiary/aromatic N) is 2. The van der Waals surface area contributed by atoms with Crippen molar-refractivity contribution in [3.05, 3.63) is 267 Å². The van der Waals surface area contributed by atoms with Gasteiger partial charge in [-0.25, -0.2) is 0 Å². The first-order valence-electron chi connectivity index (χ1n) is 24.3. The second-order valence-electron chi connectivity index (χ2n) is 18.5. The lowest BCUT2D eigenvalue weighted by atomic mass is 9.97. The highest BCUT2D eigenvalue weighted by atomic mass is 16.3. The first kappa shape index (κ1) is 40.6. The molecule has 0 fully saturated rings. The smallest absolute Gasteiger partial charge is 0.136 e. The predicted molar refractivity (Wildman–Crippen MR) is 299 cm³/mol. The number of hydrogen-bond acceptors (Lipinski definition) is 2. The summed E-state index contributed by atoms with van der Waals surface area (Å²) >= 11 is 0. The highest BCUT2D eigenvalue weighted by molar-refractivity contribution is 6.10.